The predicted molar refractivity (Wildman–Crippen MR) is 140 cm³/mol. The monoisotopic (exact) mass is 460 g/mol. The number of hydrogen-bond acceptors (Lipinski definition) is 5. The van der Waals surface area contributed by atoms with Gasteiger partial charge in [-0.1, -0.05) is 61.3 Å². The van der Waals surface area contributed by atoms with Gasteiger partial charge in [-0.05, 0) is 62.7 Å². The first-order chi connectivity index (χ1) is 15.6. The van der Waals surface area contributed by atoms with E-state index in [1.807, 2.05) is 41.5 Å². The fourth-order valence-electron chi connectivity index (χ4n) is 4.32. The predicted octanol–water partition coefficient (Wildman–Crippen LogP) is 6.58. The van der Waals surface area contributed by atoms with E-state index in [1.54, 1.807) is 0 Å². The van der Waals surface area contributed by atoms with Gasteiger partial charge in [-0.2, -0.15) is 0 Å². The lowest BCUT2D eigenvalue weighted by Gasteiger charge is -2.41. The molecule has 0 amide bonds. The molecule has 6 atom stereocenters. The van der Waals surface area contributed by atoms with E-state index in [0.29, 0.717) is 30.3 Å². The van der Waals surface area contributed by atoms with Crippen molar-refractivity contribution >= 4 is 0 Å². The SMILES string of the molecule is C#C.C#C.CC.CC.CC.C[C@H](C1CCCC2CC[C@H](C)OCC21)[C@H](O)CCCO.OO. The zero-order chi connectivity index (χ0) is 26.5. The lowest BCUT2D eigenvalue weighted by Crippen LogP contribution is -2.38. The van der Waals surface area contributed by atoms with Crippen molar-refractivity contribution < 1.29 is 25.5 Å². The molecule has 0 aromatic carbocycles. The minimum Gasteiger partial charge on any atom is -0.396 e. The normalized spacial score (nSPS) is 24.5. The molecule has 2 rings (SSSR count). The van der Waals surface area contributed by atoms with Gasteiger partial charge in [0, 0.05) is 6.61 Å². The molecule has 1 aliphatic heterocycles. The number of fused-ring (bicyclic) bond motifs is 1. The highest BCUT2D eigenvalue weighted by molar-refractivity contribution is 4.88. The van der Waals surface area contributed by atoms with Crippen LogP contribution in [-0.4, -0.2) is 46.1 Å². The van der Waals surface area contributed by atoms with Crippen LogP contribution in [0.1, 0.15) is 100 Å². The van der Waals surface area contributed by atoms with Gasteiger partial charge in [-0.15, -0.1) is 25.7 Å². The topological polar surface area (TPSA) is 90.2 Å². The highest BCUT2D eigenvalue weighted by Gasteiger charge is 2.39. The minimum atomic E-state index is -0.272. The van der Waals surface area contributed by atoms with Crippen LogP contribution in [0.25, 0.3) is 0 Å². The Bertz CT molecular complexity index is 350. The summed E-state index contributed by atoms with van der Waals surface area (Å²) in [5, 5.41) is 31.3. The van der Waals surface area contributed by atoms with Crippen LogP contribution >= 0.6 is 0 Å². The first-order valence-electron chi connectivity index (χ1n) is 12.4. The van der Waals surface area contributed by atoms with E-state index in [4.69, 9.17) is 20.4 Å². The van der Waals surface area contributed by atoms with Crippen molar-refractivity contribution in [2.75, 3.05) is 13.2 Å². The Morgan fingerprint density at radius 1 is 0.875 bits per heavy atom. The van der Waals surface area contributed by atoms with Gasteiger partial charge in [0.05, 0.1) is 18.8 Å². The van der Waals surface area contributed by atoms with Crippen molar-refractivity contribution in [2.45, 2.75) is 113 Å². The highest BCUT2D eigenvalue weighted by Crippen LogP contribution is 2.44. The van der Waals surface area contributed by atoms with Gasteiger partial charge in [0.15, 0.2) is 0 Å². The summed E-state index contributed by atoms with van der Waals surface area (Å²) in [5.74, 6) is 2.35. The van der Waals surface area contributed by atoms with E-state index in [2.05, 4.69) is 39.5 Å². The Balaban J connectivity index is -0.000000175. The van der Waals surface area contributed by atoms with E-state index in [-0.39, 0.29) is 12.7 Å². The van der Waals surface area contributed by atoms with E-state index in [0.717, 1.165) is 18.9 Å². The van der Waals surface area contributed by atoms with Crippen LogP contribution in [0.5, 0.6) is 0 Å². The van der Waals surface area contributed by atoms with Crippen LogP contribution < -0.4 is 0 Å². The first kappa shape index (κ1) is 41.2. The molecular formula is C27H56O5. The number of hydrogen-bond donors (Lipinski definition) is 4. The summed E-state index contributed by atoms with van der Waals surface area (Å²) in [5.41, 5.74) is 0. The number of rotatable bonds is 5. The van der Waals surface area contributed by atoms with Crippen LogP contribution in [0.3, 0.4) is 0 Å². The summed E-state index contributed by atoms with van der Waals surface area (Å²) >= 11 is 0. The van der Waals surface area contributed by atoms with Crippen molar-refractivity contribution in [1.82, 2.24) is 0 Å². The van der Waals surface area contributed by atoms with Crippen LogP contribution in [0.4, 0.5) is 0 Å². The smallest absolute Gasteiger partial charge is 0.0569 e. The summed E-state index contributed by atoms with van der Waals surface area (Å²) in [6, 6.07) is 0. The number of ether oxygens (including phenoxy) is 1. The van der Waals surface area contributed by atoms with Crippen molar-refractivity contribution in [1.29, 1.82) is 0 Å². The van der Waals surface area contributed by atoms with Crippen molar-refractivity contribution in [3.05, 3.63) is 0 Å². The lowest BCUT2D eigenvalue weighted by molar-refractivity contribution is -0.176. The van der Waals surface area contributed by atoms with Gasteiger partial charge in [0.1, 0.15) is 0 Å². The van der Waals surface area contributed by atoms with Crippen LogP contribution in [0, 0.1) is 49.4 Å². The quantitative estimate of drug-likeness (QED) is 0.211. The van der Waals surface area contributed by atoms with E-state index in [1.165, 1.54) is 32.1 Å². The summed E-state index contributed by atoms with van der Waals surface area (Å²) < 4.78 is 5.99. The molecule has 0 aromatic rings. The molecule has 1 heterocycles. The molecule has 0 radical (unpaired) electrons. The highest BCUT2D eigenvalue weighted by atomic mass is 17.0. The standard InChI is InChI=1S/C17H32O3.3C2H6.2C2H2.H2O2/c1-12-8-9-14-5-3-6-15(16(14)11-20-12)13(2)17(19)7-4-10-18;6*1-2/h12-19H,3-11H2,1-2H3;3*1-2H3;3*1-2H/t12-,13+,14?,15?,16?,17+;;;;;;/m0....../s1. The first-order valence-corrected chi connectivity index (χ1v) is 12.4. The third kappa shape index (κ3) is 18.5. The molecule has 2 fully saturated rings. The molecular weight excluding hydrogens is 404 g/mol. The fraction of sp³-hybridized carbons (Fsp3) is 0.852. The van der Waals surface area contributed by atoms with Gasteiger partial charge in [0.25, 0.3) is 0 Å². The van der Waals surface area contributed by atoms with Crippen molar-refractivity contribution in [2.24, 2.45) is 23.7 Å². The largest absolute Gasteiger partial charge is 0.396 e. The van der Waals surface area contributed by atoms with E-state index < -0.39 is 0 Å². The molecule has 2 aliphatic rings. The zero-order valence-corrected chi connectivity index (χ0v) is 22.3. The Morgan fingerprint density at radius 2 is 1.38 bits per heavy atom. The number of terminal acetylenes is 2. The maximum absolute atomic E-state index is 10.4. The molecule has 1 saturated carbocycles. The summed E-state index contributed by atoms with van der Waals surface area (Å²) in [4.78, 5) is 0. The minimum absolute atomic E-state index is 0.182. The van der Waals surface area contributed by atoms with Crippen LogP contribution in [-0.2, 0) is 4.74 Å². The third-order valence-corrected chi connectivity index (χ3v) is 5.73. The summed E-state index contributed by atoms with van der Waals surface area (Å²) in [6.07, 6.45) is 23.9. The van der Waals surface area contributed by atoms with Crippen molar-refractivity contribution in [3.8, 4) is 25.7 Å². The van der Waals surface area contributed by atoms with Gasteiger partial charge < -0.3 is 14.9 Å². The molecule has 1 aliphatic carbocycles. The second-order valence-corrected chi connectivity index (χ2v) is 7.03. The molecule has 194 valence electrons. The molecule has 0 spiro atoms. The Kier molecular flexibility index (Phi) is 44.5. The van der Waals surface area contributed by atoms with Gasteiger partial charge in [-0.25, -0.2) is 0 Å². The Morgan fingerprint density at radius 3 is 1.84 bits per heavy atom. The second kappa shape index (κ2) is 34.5. The molecule has 0 bridgehead atoms. The Labute approximate surface area is 200 Å². The lowest BCUT2D eigenvalue weighted by atomic mass is 9.65. The van der Waals surface area contributed by atoms with E-state index in [9.17, 15) is 5.11 Å². The van der Waals surface area contributed by atoms with Gasteiger partial charge in [0.2, 0.25) is 0 Å². The summed E-state index contributed by atoms with van der Waals surface area (Å²) in [7, 11) is 0. The molecule has 0 aromatic heterocycles. The molecule has 32 heavy (non-hydrogen) atoms. The fourth-order valence-corrected chi connectivity index (χ4v) is 4.32. The Hall–Kier alpha value is -1.08. The molecule has 1 saturated heterocycles. The van der Waals surface area contributed by atoms with E-state index >= 15 is 0 Å². The van der Waals surface area contributed by atoms with Crippen LogP contribution in [0.2, 0.25) is 0 Å². The van der Waals surface area contributed by atoms with Gasteiger partial charge in [-0.3, -0.25) is 10.5 Å². The second-order valence-electron chi connectivity index (χ2n) is 7.03. The van der Waals surface area contributed by atoms with Crippen molar-refractivity contribution in [3.63, 3.8) is 0 Å². The molecule has 4 N–H and O–H groups in total. The average molecular weight is 461 g/mol. The number of aliphatic hydroxyl groups excluding tert-OH is 2. The third-order valence-electron chi connectivity index (χ3n) is 5.73. The average Bonchev–Trinajstić information content (AvgIpc) is 3.10. The zero-order valence-electron chi connectivity index (χ0n) is 22.3. The summed E-state index contributed by atoms with van der Waals surface area (Å²) in [6.45, 7) is 17.4. The maximum atomic E-state index is 10.4. The molecule has 3 unspecified atom stereocenters. The molecule has 5 heteroatoms. The van der Waals surface area contributed by atoms with Crippen LogP contribution in [0.15, 0.2) is 0 Å². The maximum Gasteiger partial charge on any atom is 0.0569 e. The molecule has 5 nitrogen and oxygen atoms in total. The number of aliphatic hydroxyl groups is 2. The van der Waals surface area contributed by atoms with Gasteiger partial charge >= 0.3 is 0 Å².